The third-order valence-corrected chi connectivity index (χ3v) is 2.58. The molecule has 0 aliphatic rings. The second kappa shape index (κ2) is 6.00. The fourth-order valence-electron chi connectivity index (χ4n) is 1.61. The number of hydrogen-bond donors (Lipinski definition) is 1. The van der Waals surface area contributed by atoms with E-state index in [-0.39, 0.29) is 0 Å². The Morgan fingerprint density at radius 1 is 1.11 bits per heavy atom. The van der Waals surface area contributed by atoms with Crippen molar-refractivity contribution in [1.82, 2.24) is 25.1 Å². The second-order valence-corrected chi connectivity index (χ2v) is 3.79. The van der Waals surface area contributed by atoms with Crippen molar-refractivity contribution in [2.45, 2.75) is 33.2 Å². The van der Waals surface area contributed by atoms with Crippen LogP contribution in [0.5, 0.6) is 0 Å². The van der Waals surface area contributed by atoms with E-state index >= 15 is 0 Å². The zero-order valence-electron chi connectivity index (χ0n) is 10.6. The van der Waals surface area contributed by atoms with Crippen LogP contribution in [-0.4, -0.2) is 25.1 Å². The highest BCUT2D eigenvalue weighted by molar-refractivity contribution is 5.26. The largest absolute Gasteiger partial charge is 0.347 e. The van der Waals surface area contributed by atoms with Crippen molar-refractivity contribution >= 4 is 5.95 Å². The van der Waals surface area contributed by atoms with E-state index in [0.29, 0.717) is 12.5 Å². The molecule has 0 saturated heterocycles. The Morgan fingerprint density at radius 3 is 2.61 bits per heavy atom. The van der Waals surface area contributed by atoms with Crippen molar-refractivity contribution in [2.75, 3.05) is 5.32 Å². The predicted octanol–water partition coefficient (Wildman–Crippen LogP) is 1.40. The Balaban J connectivity index is 2.06. The van der Waals surface area contributed by atoms with E-state index in [4.69, 9.17) is 0 Å². The summed E-state index contributed by atoms with van der Waals surface area (Å²) in [5, 5.41) is 11.3. The lowest BCUT2D eigenvalue weighted by Gasteiger charge is -2.07. The minimum Gasteiger partial charge on any atom is -0.347 e. The van der Waals surface area contributed by atoms with Gasteiger partial charge in [0.2, 0.25) is 5.95 Å². The van der Waals surface area contributed by atoms with Crippen LogP contribution in [0.4, 0.5) is 5.95 Å². The van der Waals surface area contributed by atoms with Crippen LogP contribution >= 0.6 is 0 Å². The van der Waals surface area contributed by atoms with Gasteiger partial charge in [-0.1, -0.05) is 13.8 Å². The summed E-state index contributed by atoms with van der Waals surface area (Å²) in [5.41, 5.74) is 2.86. The average Bonchev–Trinajstić information content (AvgIpc) is 2.45. The number of anilines is 1. The van der Waals surface area contributed by atoms with Gasteiger partial charge in [-0.05, 0) is 18.9 Å². The monoisotopic (exact) mass is 244 g/mol. The molecule has 2 heterocycles. The lowest BCUT2D eigenvalue weighted by Crippen LogP contribution is -2.10. The smallest absolute Gasteiger partial charge is 0.243 e. The van der Waals surface area contributed by atoms with Gasteiger partial charge in [0.15, 0.2) is 0 Å². The van der Waals surface area contributed by atoms with Crippen molar-refractivity contribution in [1.29, 1.82) is 0 Å². The van der Waals surface area contributed by atoms with Crippen molar-refractivity contribution in [3.8, 4) is 0 Å². The summed E-state index contributed by atoms with van der Waals surface area (Å²) in [6.07, 6.45) is 4.95. The highest BCUT2D eigenvalue weighted by Gasteiger charge is 2.05. The van der Waals surface area contributed by atoms with Gasteiger partial charge < -0.3 is 5.32 Å². The van der Waals surface area contributed by atoms with Gasteiger partial charge in [-0.3, -0.25) is 0 Å². The van der Waals surface area contributed by atoms with Crippen LogP contribution < -0.4 is 5.32 Å². The van der Waals surface area contributed by atoms with E-state index < -0.39 is 0 Å². The molecule has 0 aliphatic carbocycles. The quantitative estimate of drug-likeness (QED) is 0.856. The molecule has 2 aromatic heterocycles. The number of aromatic nitrogens is 5. The number of nitrogens with one attached hydrogen (secondary N) is 1. The van der Waals surface area contributed by atoms with Crippen molar-refractivity contribution in [2.24, 2.45) is 0 Å². The molecular formula is C12H16N6. The summed E-state index contributed by atoms with van der Waals surface area (Å²) in [4.78, 5) is 12.4. The summed E-state index contributed by atoms with van der Waals surface area (Å²) < 4.78 is 0. The van der Waals surface area contributed by atoms with Crippen LogP contribution in [0.25, 0.3) is 0 Å². The molecule has 0 atom stereocenters. The van der Waals surface area contributed by atoms with Crippen LogP contribution in [0.3, 0.4) is 0 Å². The van der Waals surface area contributed by atoms with Crippen LogP contribution in [0.2, 0.25) is 0 Å². The lowest BCUT2D eigenvalue weighted by molar-refractivity contribution is 0.817. The minimum absolute atomic E-state index is 0.544. The lowest BCUT2D eigenvalue weighted by atomic mass is 10.2. The van der Waals surface area contributed by atoms with Gasteiger partial charge in [0.05, 0.1) is 23.6 Å². The van der Waals surface area contributed by atoms with Gasteiger partial charge in [-0.2, -0.15) is 5.10 Å². The van der Waals surface area contributed by atoms with Gasteiger partial charge in [0.1, 0.15) is 6.33 Å². The summed E-state index contributed by atoms with van der Waals surface area (Å²) in [5.74, 6) is 0.544. The van der Waals surface area contributed by atoms with Gasteiger partial charge in [0, 0.05) is 6.20 Å². The van der Waals surface area contributed by atoms with Crippen LogP contribution in [0.15, 0.2) is 18.6 Å². The molecule has 0 radical (unpaired) electrons. The number of aryl methyl sites for hydroxylation is 2. The van der Waals surface area contributed by atoms with E-state index in [1.807, 2.05) is 6.07 Å². The molecule has 2 rings (SSSR count). The standard InChI is InChI=1S/C12H16N6/c1-3-10-11(4-2)17-18-12(16-10)14-7-9-5-6-13-8-15-9/h5-6,8H,3-4,7H2,1-2H3,(H,14,16,18). The first kappa shape index (κ1) is 12.3. The number of nitrogens with zero attached hydrogens (tertiary/aromatic N) is 5. The molecule has 0 unspecified atom stereocenters. The Bertz CT molecular complexity index is 499. The minimum atomic E-state index is 0.544. The number of rotatable bonds is 5. The molecule has 0 spiro atoms. The normalized spacial score (nSPS) is 10.3. The van der Waals surface area contributed by atoms with Gasteiger partial charge in [-0.15, -0.1) is 5.10 Å². The highest BCUT2D eigenvalue weighted by Crippen LogP contribution is 2.07. The molecule has 0 aromatic carbocycles. The fourth-order valence-corrected chi connectivity index (χ4v) is 1.61. The van der Waals surface area contributed by atoms with Crippen LogP contribution in [0.1, 0.15) is 30.9 Å². The SMILES string of the molecule is CCc1nnc(NCc2ccncn2)nc1CC. The van der Waals surface area contributed by atoms with Gasteiger partial charge in [0.25, 0.3) is 0 Å². The second-order valence-electron chi connectivity index (χ2n) is 3.79. The van der Waals surface area contributed by atoms with E-state index in [1.54, 1.807) is 6.20 Å². The van der Waals surface area contributed by atoms with Crippen LogP contribution in [0, 0.1) is 0 Å². The molecule has 6 nitrogen and oxygen atoms in total. The van der Waals surface area contributed by atoms with Crippen molar-refractivity contribution in [3.63, 3.8) is 0 Å². The zero-order valence-corrected chi connectivity index (χ0v) is 10.6. The van der Waals surface area contributed by atoms with E-state index in [0.717, 1.165) is 29.9 Å². The third-order valence-electron chi connectivity index (χ3n) is 2.58. The van der Waals surface area contributed by atoms with Crippen LogP contribution in [-0.2, 0) is 19.4 Å². The number of hydrogen-bond acceptors (Lipinski definition) is 6. The molecule has 0 fully saturated rings. The average molecular weight is 244 g/mol. The molecule has 94 valence electrons. The molecule has 0 bridgehead atoms. The van der Waals surface area contributed by atoms with E-state index in [1.165, 1.54) is 6.33 Å². The summed E-state index contributed by atoms with van der Waals surface area (Å²) in [7, 11) is 0. The molecular weight excluding hydrogens is 228 g/mol. The first-order chi connectivity index (χ1) is 8.83. The molecule has 2 aromatic rings. The summed E-state index contributed by atoms with van der Waals surface area (Å²) in [6.45, 7) is 4.69. The Hall–Kier alpha value is -2.11. The molecule has 1 N–H and O–H groups in total. The third kappa shape index (κ3) is 2.97. The van der Waals surface area contributed by atoms with Crippen molar-refractivity contribution < 1.29 is 0 Å². The van der Waals surface area contributed by atoms with Gasteiger partial charge >= 0.3 is 0 Å². The molecule has 0 aliphatic heterocycles. The van der Waals surface area contributed by atoms with E-state index in [9.17, 15) is 0 Å². The predicted molar refractivity (Wildman–Crippen MR) is 67.9 cm³/mol. The maximum atomic E-state index is 4.45. The Labute approximate surface area is 106 Å². The maximum absolute atomic E-state index is 4.45. The molecule has 6 heteroatoms. The van der Waals surface area contributed by atoms with Gasteiger partial charge in [-0.25, -0.2) is 15.0 Å². The maximum Gasteiger partial charge on any atom is 0.243 e. The first-order valence-electron chi connectivity index (χ1n) is 6.04. The fraction of sp³-hybridized carbons (Fsp3) is 0.417. The molecule has 0 amide bonds. The molecule has 18 heavy (non-hydrogen) atoms. The summed E-state index contributed by atoms with van der Waals surface area (Å²) in [6, 6.07) is 1.85. The topological polar surface area (TPSA) is 76.5 Å². The van der Waals surface area contributed by atoms with Crippen molar-refractivity contribution in [3.05, 3.63) is 35.7 Å². The first-order valence-corrected chi connectivity index (χ1v) is 6.04. The Morgan fingerprint density at radius 2 is 1.94 bits per heavy atom. The van der Waals surface area contributed by atoms with E-state index in [2.05, 4.69) is 44.3 Å². The zero-order chi connectivity index (χ0) is 12.8. The summed E-state index contributed by atoms with van der Waals surface area (Å²) >= 11 is 0. The Kier molecular flexibility index (Phi) is 4.11. The highest BCUT2D eigenvalue weighted by atomic mass is 15.2. The molecule has 0 saturated carbocycles.